The van der Waals surface area contributed by atoms with Gasteiger partial charge in [0.15, 0.2) is 0 Å². The van der Waals surface area contributed by atoms with Crippen LogP contribution in [0.5, 0.6) is 0 Å². The molecule has 1 aliphatic heterocycles. The number of fused-ring (bicyclic) bond motifs is 1. The number of aliphatic hydroxyl groups excluding tert-OH is 1. The molecule has 0 aromatic carbocycles. The van der Waals surface area contributed by atoms with Gasteiger partial charge in [0.05, 0.1) is 6.10 Å². The Kier molecular flexibility index (Phi) is 3.25. The number of anilines is 1. The molecule has 1 saturated heterocycles. The second-order valence-corrected chi connectivity index (χ2v) is 5.69. The first-order valence-electron chi connectivity index (χ1n) is 7.17. The Balaban J connectivity index is 1.90. The molecule has 1 N–H and O–H groups in total. The minimum absolute atomic E-state index is 0.434. The summed E-state index contributed by atoms with van der Waals surface area (Å²) < 4.78 is 0. The maximum Gasteiger partial charge on any atom is 0.134 e. The zero-order valence-electron chi connectivity index (χ0n) is 11.0. The van der Waals surface area contributed by atoms with E-state index in [-0.39, 0.29) is 0 Å². The molecule has 98 valence electrons. The van der Waals surface area contributed by atoms with Crippen molar-refractivity contribution >= 4 is 5.82 Å². The summed E-state index contributed by atoms with van der Waals surface area (Å²) in [7, 11) is 0. The van der Waals surface area contributed by atoms with Gasteiger partial charge in [0, 0.05) is 24.3 Å². The molecule has 1 saturated carbocycles. The standard InChI is InChI=1S/C15H22N2O/c1-11(18)13-6-4-9-16-15(13)17-10-8-12-5-2-3-7-14(12)17/h4,6,9,11-12,14,18H,2-3,5,7-8,10H2,1H3. The molecule has 1 aromatic heterocycles. The monoisotopic (exact) mass is 246 g/mol. The molecule has 1 aromatic rings. The van der Waals surface area contributed by atoms with Gasteiger partial charge in [-0.2, -0.15) is 0 Å². The summed E-state index contributed by atoms with van der Waals surface area (Å²) >= 11 is 0. The summed E-state index contributed by atoms with van der Waals surface area (Å²) in [4.78, 5) is 6.99. The predicted octanol–water partition coefficient (Wildman–Crippen LogP) is 2.90. The Labute approximate surface area is 109 Å². The maximum atomic E-state index is 9.89. The van der Waals surface area contributed by atoms with E-state index < -0.39 is 6.10 Å². The van der Waals surface area contributed by atoms with Crippen molar-refractivity contribution < 1.29 is 5.11 Å². The van der Waals surface area contributed by atoms with Crippen LogP contribution in [-0.2, 0) is 0 Å². The summed E-state index contributed by atoms with van der Waals surface area (Å²) in [5, 5.41) is 9.89. The first kappa shape index (κ1) is 12.0. The van der Waals surface area contributed by atoms with Crippen molar-refractivity contribution in [3.8, 4) is 0 Å². The van der Waals surface area contributed by atoms with Gasteiger partial charge in [-0.15, -0.1) is 0 Å². The van der Waals surface area contributed by atoms with E-state index in [0.717, 1.165) is 23.8 Å². The highest BCUT2D eigenvalue weighted by molar-refractivity contribution is 5.50. The van der Waals surface area contributed by atoms with Crippen molar-refractivity contribution in [1.82, 2.24) is 4.98 Å². The number of nitrogens with zero attached hydrogens (tertiary/aromatic N) is 2. The second-order valence-electron chi connectivity index (χ2n) is 5.69. The lowest BCUT2D eigenvalue weighted by Gasteiger charge is -2.33. The highest BCUT2D eigenvalue weighted by atomic mass is 16.3. The van der Waals surface area contributed by atoms with Crippen molar-refractivity contribution in [1.29, 1.82) is 0 Å². The molecule has 0 radical (unpaired) electrons. The van der Waals surface area contributed by atoms with Crippen molar-refractivity contribution in [2.24, 2.45) is 5.92 Å². The summed E-state index contributed by atoms with van der Waals surface area (Å²) in [5.41, 5.74) is 0.976. The molecule has 3 nitrogen and oxygen atoms in total. The van der Waals surface area contributed by atoms with Crippen LogP contribution in [0.1, 0.15) is 50.7 Å². The van der Waals surface area contributed by atoms with Gasteiger partial charge in [-0.1, -0.05) is 18.9 Å². The van der Waals surface area contributed by atoms with Gasteiger partial charge in [0.25, 0.3) is 0 Å². The van der Waals surface area contributed by atoms with Crippen LogP contribution < -0.4 is 4.90 Å². The third kappa shape index (κ3) is 2.01. The van der Waals surface area contributed by atoms with Gasteiger partial charge in [-0.3, -0.25) is 0 Å². The summed E-state index contributed by atoms with van der Waals surface area (Å²) in [6.45, 7) is 2.93. The summed E-state index contributed by atoms with van der Waals surface area (Å²) in [6, 6.07) is 4.58. The normalized spacial score (nSPS) is 29.1. The Hall–Kier alpha value is -1.09. The minimum atomic E-state index is -0.434. The first-order chi connectivity index (χ1) is 8.77. The topological polar surface area (TPSA) is 36.4 Å². The Morgan fingerprint density at radius 3 is 3.00 bits per heavy atom. The molecule has 2 heterocycles. The summed E-state index contributed by atoms with van der Waals surface area (Å²) in [6.07, 6.45) is 8.10. The second kappa shape index (κ2) is 4.88. The van der Waals surface area contributed by atoms with Crippen LogP contribution >= 0.6 is 0 Å². The number of hydrogen-bond acceptors (Lipinski definition) is 3. The van der Waals surface area contributed by atoms with Gasteiger partial charge in [-0.25, -0.2) is 4.98 Å². The zero-order valence-corrected chi connectivity index (χ0v) is 11.0. The Morgan fingerprint density at radius 1 is 1.33 bits per heavy atom. The Bertz CT molecular complexity index is 419. The number of rotatable bonds is 2. The minimum Gasteiger partial charge on any atom is -0.389 e. The lowest BCUT2D eigenvalue weighted by molar-refractivity contribution is 0.199. The molecule has 3 heteroatoms. The maximum absolute atomic E-state index is 9.89. The number of pyridine rings is 1. The average molecular weight is 246 g/mol. The molecule has 18 heavy (non-hydrogen) atoms. The molecule has 3 rings (SSSR count). The quantitative estimate of drug-likeness (QED) is 0.871. The van der Waals surface area contributed by atoms with E-state index in [1.54, 1.807) is 0 Å². The molecular weight excluding hydrogens is 224 g/mol. The summed E-state index contributed by atoms with van der Waals surface area (Å²) in [5.74, 6) is 1.87. The van der Waals surface area contributed by atoms with Gasteiger partial charge >= 0.3 is 0 Å². The van der Waals surface area contributed by atoms with Crippen molar-refractivity contribution in [3.63, 3.8) is 0 Å². The van der Waals surface area contributed by atoms with Gasteiger partial charge in [0.1, 0.15) is 5.82 Å². The fourth-order valence-electron chi connectivity index (χ4n) is 3.64. The molecule has 2 fully saturated rings. The lowest BCUT2D eigenvalue weighted by Crippen LogP contribution is -2.36. The van der Waals surface area contributed by atoms with Gasteiger partial charge in [-0.05, 0) is 38.2 Å². The molecule has 3 unspecified atom stereocenters. The van der Waals surface area contributed by atoms with E-state index in [1.165, 1.54) is 32.1 Å². The van der Waals surface area contributed by atoms with Crippen LogP contribution in [0, 0.1) is 5.92 Å². The largest absolute Gasteiger partial charge is 0.389 e. The van der Waals surface area contributed by atoms with Crippen LogP contribution in [0.4, 0.5) is 5.82 Å². The van der Waals surface area contributed by atoms with E-state index in [4.69, 9.17) is 0 Å². The van der Waals surface area contributed by atoms with E-state index in [2.05, 4.69) is 9.88 Å². The third-order valence-corrected chi connectivity index (χ3v) is 4.55. The van der Waals surface area contributed by atoms with Gasteiger partial charge < -0.3 is 10.0 Å². The van der Waals surface area contributed by atoms with Crippen LogP contribution in [0.25, 0.3) is 0 Å². The van der Waals surface area contributed by atoms with E-state index >= 15 is 0 Å². The SMILES string of the molecule is CC(O)c1cccnc1N1CCC2CCCCC21. The van der Waals surface area contributed by atoms with Gasteiger partial charge in [0.2, 0.25) is 0 Å². The molecule has 0 amide bonds. The van der Waals surface area contributed by atoms with E-state index in [1.807, 2.05) is 25.3 Å². The van der Waals surface area contributed by atoms with E-state index in [0.29, 0.717) is 6.04 Å². The molecule has 0 bridgehead atoms. The molecule has 3 atom stereocenters. The lowest BCUT2D eigenvalue weighted by atomic mass is 9.85. The smallest absolute Gasteiger partial charge is 0.134 e. The number of aromatic nitrogens is 1. The first-order valence-corrected chi connectivity index (χ1v) is 7.17. The predicted molar refractivity (Wildman–Crippen MR) is 72.6 cm³/mol. The van der Waals surface area contributed by atoms with Crippen LogP contribution in [0.15, 0.2) is 18.3 Å². The molecule has 2 aliphatic rings. The third-order valence-electron chi connectivity index (χ3n) is 4.55. The van der Waals surface area contributed by atoms with E-state index in [9.17, 15) is 5.11 Å². The number of aliphatic hydroxyl groups is 1. The van der Waals surface area contributed by atoms with Crippen molar-refractivity contribution in [3.05, 3.63) is 23.9 Å². The fourth-order valence-corrected chi connectivity index (χ4v) is 3.64. The highest BCUT2D eigenvalue weighted by Gasteiger charge is 2.37. The van der Waals surface area contributed by atoms with Crippen molar-refractivity contribution in [2.75, 3.05) is 11.4 Å². The molecule has 1 aliphatic carbocycles. The molecular formula is C15H22N2O. The zero-order chi connectivity index (χ0) is 12.5. The fraction of sp³-hybridized carbons (Fsp3) is 0.667. The average Bonchev–Trinajstić information content (AvgIpc) is 2.82. The van der Waals surface area contributed by atoms with Crippen LogP contribution in [0.3, 0.4) is 0 Å². The van der Waals surface area contributed by atoms with Crippen LogP contribution in [-0.4, -0.2) is 22.7 Å². The van der Waals surface area contributed by atoms with Crippen molar-refractivity contribution in [2.45, 2.75) is 51.2 Å². The molecule has 0 spiro atoms. The Morgan fingerprint density at radius 2 is 2.17 bits per heavy atom. The highest BCUT2D eigenvalue weighted by Crippen LogP contribution is 2.39. The van der Waals surface area contributed by atoms with Crippen LogP contribution in [0.2, 0.25) is 0 Å². The number of hydrogen-bond donors (Lipinski definition) is 1.